The molecule has 0 spiro atoms. The van der Waals surface area contributed by atoms with Crippen molar-refractivity contribution in [1.82, 2.24) is 15.8 Å². The fourth-order valence-corrected chi connectivity index (χ4v) is 2.57. The van der Waals surface area contributed by atoms with Crippen LogP contribution in [-0.4, -0.2) is 22.7 Å². The summed E-state index contributed by atoms with van der Waals surface area (Å²) in [6.07, 6.45) is 1.59. The lowest BCUT2D eigenvalue weighted by Gasteiger charge is -2.18. The van der Waals surface area contributed by atoms with Crippen LogP contribution < -0.4 is 16.2 Å². The first-order valence-electron chi connectivity index (χ1n) is 8.84. The van der Waals surface area contributed by atoms with Crippen molar-refractivity contribution in [2.24, 2.45) is 5.41 Å². The summed E-state index contributed by atoms with van der Waals surface area (Å²) in [5, 5.41) is 3.54. The fraction of sp³-hybridized carbons (Fsp3) is 0.190. The molecule has 4 N–H and O–H groups in total. The predicted octanol–water partition coefficient (Wildman–Crippen LogP) is 3.23. The molecule has 0 aliphatic carbocycles. The van der Waals surface area contributed by atoms with Gasteiger partial charge < -0.3 is 10.3 Å². The van der Waals surface area contributed by atoms with Gasteiger partial charge in [-0.25, -0.2) is 0 Å². The number of carbonyl (C=O) groups excluding carboxylic acids is 3. The van der Waals surface area contributed by atoms with Gasteiger partial charge in [-0.15, -0.1) is 0 Å². The first kappa shape index (κ1) is 19.2. The number of hydrogen-bond acceptors (Lipinski definition) is 3. The van der Waals surface area contributed by atoms with Crippen molar-refractivity contribution in [3.05, 3.63) is 65.9 Å². The van der Waals surface area contributed by atoms with Crippen molar-refractivity contribution in [3.8, 4) is 0 Å². The van der Waals surface area contributed by atoms with Gasteiger partial charge in [-0.3, -0.25) is 25.2 Å². The van der Waals surface area contributed by atoms with Crippen molar-refractivity contribution in [1.29, 1.82) is 0 Å². The van der Waals surface area contributed by atoms with Crippen LogP contribution in [0.2, 0.25) is 0 Å². The molecule has 0 aliphatic heterocycles. The summed E-state index contributed by atoms with van der Waals surface area (Å²) in [6, 6.07) is 13.9. The molecule has 0 aliphatic rings. The van der Waals surface area contributed by atoms with Crippen LogP contribution in [0.4, 0.5) is 5.69 Å². The monoisotopic (exact) mass is 378 g/mol. The van der Waals surface area contributed by atoms with Gasteiger partial charge in [0.05, 0.1) is 5.56 Å². The van der Waals surface area contributed by atoms with E-state index in [1.54, 1.807) is 51.2 Å². The number of fused-ring (bicyclic) bond motifs is 1. The molecule has 1 aromatic heterocycles. The largest absolute Gasteiger partial charge is 0.360 e. The van der Waals surface area contributed by atoms with Crippen LogP contribution in [0.1, 0.15) is 41.5 Å². The molecule has 3 aromatic rings. The zero-order valence-electron chi connectivity index (χ0n) is 15.9. The normalized spacial score (nSPS) is 11.1. The molecule has 0 fully saturated rings. The minimum absolute atomic E-state index is 0.155. The maximum Gasteiger partial charge on any atom is 0.271 e. The van der Waals surface area contributed by atoms with E-state index in [9.17, 15) is 14.4 Å². The summed E-state index contributed by atoms with van der Waals surface area (Å²) >= 11 is 0. The fourth-order valence-electron chi connectivity index (χ4n) is 2.57. The summed E-state index contributed by atoms with van der Waals surface area (Å²) in [6.45, 7) is 5.41. The lowest BCUT2D eigenvalue weighted by molar-refractivity contribution is -0.123. The molecule has 144 valence electrons. The van der Waals surface area contributed by atoms with E-state index >= 15 is 0 Å². The minimum atomic E-state index is -0.550. The topological polar surface area (TPSA) is 103 Å². The number of aromatic amines is 1. The van der Waals surface area contributed by atoms with E-state index in [-0.39, 0.29) is 5.91 Å². The number of H-pyrrole nitrogens is 1. The molecule has 2 aromatic carbocycles. The van der Waals surface area contributed by atoms with Gasteiger partial charge in [0.25, 0.3) is 11.8 Å². The average Bonchev–Trinajstić information content (AvgIpc) is 3.09. The Balaban J connectivity index is 1.66. The number of amides is 3. The Bertz CT molecular complexity index is 1050. The highest BCUT2D eigenvalue weighted by Gasteiger charge is 2.21. The van der Waals surface area contributed by atoms with E-state index in [0.717, 1.165) is 10.9 Å². The smallest absolute Gasteiger partial charge is 0.271 e. The first-order chi connectivity index (χ1) is 13.3. The molecule has 0 saturated heterocycles. The third kappa shape index (κ3) is 4.20. The van der Waals surface area contributed by atoms with Crippen LogP contribution in [0, 0.1) is 5.41 Å². The van der Waals surface area contributed by atoms with Gasteiger partial charge >= 0.3 is 0 Å². The second-order valence-electron chi connectivity index (χ2n) is 7.44. The number of hydrazine groups is 1. The molecule has 0 saturated carbocycles. The van der Waals surface area contributed by atoms with Crippen molar-refractivity contribution in [3.63, 3.8) is 0 Å². The van der Waals surface area contributed by atoms with Crippen LogP contribution in [0.15, 0.2) is 54.7 Å². The molecule has 0 atom stereocenters. The van der Waals surface area contributed by atoms with Crippen molar-refractivity contribution in [2.45, 2.75) is 20.8 Å². The maximum atomic E-state index is 12.4. The SMILES string of the molecule is CC(C)(C)C(=O)Nc1cccc(C(=O)NNC(=O)c2c[nH]c3ccccc23)c1. The Morgan fingerprint density at radius 3 is 2.36 bits per heavy atom. The summed E-state index contributed by atoms with van der Waals surface area (Å²) in [7, 11) is 0. The predicted molar refractivity (Wildman–Crippen MR) is 108 cm³/mol. The summed E-state index contributed by atoms with van der Waals surface area (Å²) in [5.41, 5.74) is 6.35. The molecule has 0 unspecified atom stereocenters. The molecule has 28 heavy (non-hydrogen) atoms. The second-order valence-corrected chi connectivity index (χ2v) is 7.44. The Hall–Kier alpha value is -3.61. The van der Waals surface area contributed by atoms with Crippen LogP contribution in [0.25, 0.3) is 10.9 Å². The number of rotatable bonds is 3. The number of benzene rings is 2. The van der Waals surface area contributed by atoms with Crippen LogP contribution in [0.3, 0.4) is 0 Å². The molecule has 0 radical (unpaired) electrons. The molecule has 1 heterocycles. The summed E-state index contributed by atoms with van der Waals surface area (Å²) in [4.78, 5) is 39.9. The Labute approximate surface area is 162 Å². The summed E-state index contributed by atoms with van der Waals surface area (Å²) < 4.78 is 0. The summed E-state index contributed by atoms with van der Waals surface area (Å²) in [5.74, 6) is -1.07. The van der Waals surface area contributed by atoms with Gasteiger partial charge in [0, 0.05) is 33.8 Å². The van der Waals surface area contributed by atoms with Gasteiger partial charge in [-0.1, -0.05) is 45.0 Å². The molecule has 0 bridgehead atoms. The highest BCUT2D eigenvalue weighted by molar-refractivity contribution is 6.07. The van der Waals surface area contributed by atoms with Gasteiger partial charge in [0.1, 0.15) is 0 Å². The number of nitrogens with one attached hydrogen (secondary N) is 4. The zero-order chi connectivity index (χ0) is 20.3. The van der Waals surface area contributed by atoms with E-state index in [1.165, 1.54) is 0 Å². The maximum absolute atomic E-state index is 12.4. The van der Waals surface area contributed by atoms with Crippen LogP contribution in [-0.2, 0) is 4.79 Å². The number of carbonyl (C=O) groups is 3. The molecular weight excluding hydrogens is 356 g/mol. The van der Waals surface area contributed by atoms with Crippen LogP contribution in [0.5, 0.6) is 0 Å². The molecule has 3 rings (SSSR count). The minimum Gasteiger partial charge on any atom is -0.360 e. The van der Waals surface area contributed by atoms with E-state index in [2.05, 4.69) is 21.2 Å². The Morgan fingerprint density at radius 2 is 1.61 bits per heavy atom. The average molecular weight is 378 g/mol. The quantitative estimate of drug-likeness (QED) is 0.526. The van der Waals surface area contributed by atoms with Crippen molar-refractivity contribution >= 4 is 34.3 Å². The lowest BCUT2D eigenvalue weighted by Crippen LogP contribution is -2.41. The molecule has 3 amide bonds. The standard InChI is InChI=1S/C21H22N4O3/c1-21(2,3)20(28)23-14-8-6-7-13(11-14)18(26)24-25-19(27)16-12-22-17-10-5-4-9-15(16)17/h4-12,22H,1-3H3,(H,23,28)(H,24,26)(H,25,27). The number of para-hydroxylation sites is 1. The zero-order valence-corrected chi connectivity index (χ0v) is 15.9. The molecule has 7 heteroatoms. The van der Waals surface area contributed by atoms with E-state index in [4.69, 9.17) is 0 Å². The second kappa shape index (κ2) is 7.56. The molecule has 7 nitrogen and oxygen atoms in total. The van der Waals surface area contributed by atoms with E-state index in [1.807, 2.05) is 24.3 Å². The van der Waals surface area contributed by atoms with Gasteiger partial charge in [0.15, 0.2) is 0 Å². The Kier molecular flexibility index (Phi) is 5.17. The Morgan fingerprint density at radius 1 is 0.893 bits per heavy atom. The van der Waals surface area contributed by atoms with Gasteiger partial charge in [0.2, 0.25) is 5.91 Å². The van der Waals surface area contributed by atoms with Gasteiger partial charge in [-0.2, -0.15) is 0 Å². The highest BCUT2D eigenvalue weighted by Crippen LogP contribution is 2.19. The van der Waals surface area contributed by atoms with Crippen molar-refractivity contribution < 1.29 is 14.4 Å². The van der Waals surface area contributed by atoms with E-state index < -0.39 is 17.2 Å². The third-order valence-electron chi connectivity index (χ3n) is 4.19. The number of aromatic nitrogens is 1. The third-order valence-corrected chi connectivity index (χ3v) is 4.19. The van der Waals surface area contributed by atoms with Crippen LogP contribution >= 0.6 is 0 Å². The number of anilines is 1. The van der Waals surface area contributed by atoms with E-state index in [0.29, 0.717) is 16.8 Å². The number of hydrogen-bond donors (Lipinski definition) is 4. The van der Waals surface area contributed by atoms with Crippen molar-refractivity contribution in [2.75, 3.05) is 5.32 Å². The highest BCUT2D eigenvalue weighted by atomic mass is 16.2. The first-order valence-corrected chi connectivity index (χ1v) is 8.84. The van der Waals surface area contributed by atoms with Gasteiger partial charge in [-0.05, 0) is 24.3 Å². The molecular formula is C21H22N4O3. The lowest BCUT2D eigenvalue weighted by atomic mass is 9.95.